The number of fused-ring (bicyclic) bond motifs is 1. The second-order valence-electron chi connectivity index (χ2n) is 7.02. The van der Waals surface area contributed by atoms with Crippen LogP contribution in [0.1, 0.15) is 50.1 Å². The number of amides is 1. The first kappa shape index (κ1) is 19.4. The fourth-order valence-electron chi connectivity index (χ4n) is 3.48. The molecule has 7 heteroatoms. The Morgan fingerprint density at radius 2 is 1.93 bits per heavy atom. The fourth-order valence-corrected chi connectivity index (χ4v) is 3.48. The highest BCUT2D eigenvalue weighted by Gasteiger charge is 2.27. The van der Waals surface area contributed by atoms with Gasteiger partial charge in [0.1, 0.15) is 11.5 Å². The molecule has 0 spiro atoms. The third-order valence-corrected chi connectivity index (χ3v) is 5.10. The molecule has 1 aliphatic heterocycles. The Morgan fingerprint density at radius 3 is 2.63 bits per heavy atom. The number of aromatic nitrogens is 1. The van der Waals surface area contributed by atoms with Gasteiger partial charge in [0, 0.05) is 35.2 Å². The first-order valence-electron chi connectivity index (χ1n) is 9.50. The molecule has 1 aromatic heterocycles. The van der Waals surface area contributed by atoms with E-state index in [9.17, 15) is 14.8 Å². The Bertz CT molecular complexity index is 1120. The molecule has 2 aromatic carbocycles. The van der Waals surface area contributed by atoms with Crippen molar-refractivity contribution in [1.82, 2.24) is 0 Å². The number of hydrogen-bond donors (Lipinski definition) is 1. The van der Waals surface area contributed by atoms with Crippen molar-refractivity contribution in [1.29, 1.82) is 0 Å². The highest BCUT2D eigenvalue weighted by molar-refractivity contribution is 6.00. The van der Waals surface area contributed by atoms with Gasteiger partial charge in [-0.3, -0.25) is 9.59 Å². The molecule has 30 heavy (non-hydrogen) atoms. The molecule has 1 amide bonds. The minimum absolute atomic E-state index is 0.0324. The lowest BCUT2D eigenvalue weighted by Crippen LogP contribution is -2.34. The largest absolute Gasteiger partial charge is 0.618 e. The molecule has 0 fully saturated rings. The third kappa shape index (κ3) is 3.57. The highest BCUT2D eigenvalue weighted by atomic mass is 16.5. The number of pyridine rings is 1. The Balaban J connectivity index is 1.77. The zero-order valence-electron chi connectivity index (χ0n) is 16.3. The number of nitrogens with two attached hydrogens (primary N) is 1. The van der Waals surface area contributed by atoms with Crippen LogP contribution in [0.5, 0.6) is 11.5 Å². The zero-order chi connectivity index (χ0) is 21.3. The predicted molar refractivity (Wildman–Crippen MR) is 108 cm³/mol. The van der Waals surface area contributed by atoms with E-state index in [0.29, 0.717) is 52.5 Å². The number of hydrogen-bond acceptors (Lipinski definition) is 5. The average molecular weight is 404 g/mol. The molecule has 0 bridgehead atoms. The van der Waals surface area contributed by atoms with E-state index in [1.807, 2.05) is 6.92 Å². The van der Waals surface area contributed by atoms with Crippen molar-refractivity contribution in [2.45, 2.75) is 19.4 Å². The van der Waals surface area contributed by atoms with Crippen LogP contribution in [0.3, 0.4) is 0 Å². The van der Waals surface area contributed by atoms with Gasteiger partial charge in [0.15, 0.2) is 12.0 Å². The minimum Gasteiger partial charge on any atom is -0.618 e. The quantitative estimate of drug-likeness (QED) is 0.520. The molecular weight excluding hydrogens is 384 g/mol. The summed E-state index contributed by atoms with van der Waals surface area (Å²) in [6.07, 6.45) is 0.994. The highest BCUT2D eigenvalue weighted by Crippen LogP contribution is 2.37. The van der Waals surface area contributed by atoms with Crippen molar-refractivity contribution in [3.05, 3.63) is 93.9 Å². The molecule has 0 radical (unpaired) electrons. The van der Waals surface area contributed by atoms with Crippen LogP contribution in [0.2, 0.25) is 0 Å². The number of nitrogens with zero attached hydrogens (tertiary/aromatic N) is 1. The maximum atomic E-state index is 12.5. The van der Waals surface area contributed by atoms with Crippen LogP contribution in [0.4, 0.5) is 0 Å². The van der Waals surface area contributed by atoms with Crippen molar-refractivity contribution in [3.8, 4) is 11.5 Å². The summed E-state index contributed by atoms with van der Waals surface area (Å²) in [6.45, 7) is 2.14. The van der Waals surface area contributed by atoms with E-state index in [4.69, 9.17) is 15.2 Å². The van der Waals surface area contributed by atoms with Gasteiger partial charge < -0.3 is 20.4 Å². The van der Waals surface area contributed by atoms with E-state index in [2.05, 4.69) is 0 Å². The Morgan fingerprint density at radius 1 is 1.17 bits per heavy atom. The summed E-state index contributed by atoms with van der Waals surface area (Å²) in [4.78, 5) is 23.5. The van der Waals surface area contributed by atoms with Crippen LogP contribution in [0, 0.1) is 12.1 Å². The number of ketones is 1. The summed E-state index contributed by atoms with van der Waals surface area (Å²) < 4.78 is 12.7. The maximum Gasteiger partial charge on any atom is 0.248 e. The Labute approximate surface area is 173 Å². The van der Waals surface area contributed by atoms with Crippen LogP contribution in [-0.2, 0) is 0 Å². The van der Waals surface area contributed by atoms with Gasteiger partial charge >= 0.3 is 0 Å². The molecule has 0 saturated carbocycles. The molecule has 1 atom stereocenters. The fraction of sp³-hybridized carbons (Fsp3) is 0.174. The van der Waals surface area contributed by atoms with Gasteiger partial charge in [0.05, 0.1) is 12.2 Å². The standard InChI is InChI=1S/C23H20N2O5/c1-14-20(10-9-17-19(26)11-13-29-21(14)17)30-22(18-4-2-3-12-25(18)28)15-5-7-16(8-6-15)23(24)27/h2-10,12,22H,11,13H2,1H3,(H2,24,27)/t22-/m0/s1. The summed E-state index contributed by atoms with van der Waals surface area (Å²) in [5.74, 6) is 0.501. The topological polar surface area (TPSA) is 106 Å². The molecule has 0 aliphatic carbocycles. The van der Waals surface area contributed by atoms with Gasteiger partial charge in [-0.05, 0) is 37.3 Å². The van der Waals surface area contributed by atoms with Gasteiger partial charge in [-0.25, -0.2) is 0 Å². The second kappa shape index (κ2) is 7.87. The summed E-state index contributed by atoms with van der Waals surface area (Å²) >= 11 is 0. The molecule has 0 unspecified atom stereocenters. The summed E-state index contributed by atoms with van der Waals surface area (Å²) in [5.41, 5.74) is 7.95. The SMILES string of the molecule is Cc1c(O[C@@H](c2ccc(C(N)=O)cc2)c2cccc[n+]2[O-])ccc2c1OCCC2=O. The van der Waals surface area contributed by atoms with Crippen LogP contribution in [0.15, 0.2) is 60.8 Å². The number of rotatable bonds is 5. The Kier molecular flexibility index (Phi) is 5.10. The number of benzene rings is 2. The molecule has 2 N–H and O–H groups in total. The van der Waals surface area contributed by atoms with Crippen LogP contribution in [-0.4, -0.2) is 18.3 Å². The van der Waals surface area contributed by atoms with Crippen molar-refractivity contribution in [2.75, 3.05) is 6.61 Å². The number of primary amides is 1. The number of carbonyl (C=O) groups excluding carboxylic acids is 2. The monoisotopic (exact) mass is 404 g/mol. The van der Waals surface area contributed by atoms with Gasteiger partial charge in [-0.2, -0.15) is 4.73 Å². The second-order valence-corrected chi connectivity index (χ2v) is 7.02. The van der Waals surface area contributed by atoms with Gasteiger partial charge in [-0.1, -0.05) is 12.1 Å². The van der Waals surface area contributed by atoms with E-state index in [0.717, 1.165) is 4.73 Å². The molecular formula is C23H20N2O5. The summed E-state index contributed by atoms with van der Waals surface area (Å²) in [6, 6.07) is 15.0. The smallest absolute Gasteiger partial charge is 0.248 e. The normalized spacial score (nSPS) is 13.8. The molecule has 152 valence electrons. The summed E-state index contributed by atoms with van der Waals surface area (Å²) in [7, 11) is 0. The third-order valence-electron chi connectivity index (χ3n) is 5.10. The molecule has 3 aromatic rings. The molecule has 0 saturated heterocycles. The molecule has 2 heterocycles. The molecule has 7 nitrogen and oxygen atoms in total. The lowest BCUT2D eigenvalue weighted by atomic mass is 10.0. The predicted octanol–water partition coefficient (Wildman–Crippen LogP) is 2.86. The first-order chi connectivity index (χ1) is 14.5. The van der Waals surface area contributed by atoms with Crippen molar-refractivity contribution in [3.63, 3.8) is 0 Å². The number of Topliss-reactive ketones (excluding diaryl/α,β-unsaturated/α-hetero) is 1. The summed E-state index contributed by atoms with van der Waals surface area (Å²) in [5, 5.41) is 12.5. The Hall–Kier alpha value is -3.87. The minimum atomic E-state index is -0.748. The van der Waals surface area contributed by atoms with E-state index in [1.165, 1.54) is 6.20 Å². The van der Waals surface area contributed by atoms with Gasteiger partial charge in [-0.15, -0.1) is 0 Å². The molecule has 4 rings (SSSR count). The molecule has 1 aliphatic rings. The van der Waals surface area contributed by atoms with Crippen molar-refractivity contribution >= 4 is 11.7 Å². The number of carbonyl (C=O) groups is 2. The van der Waals surface area contributed by atoms with Crippen molar-refractivity contribution < 1.29 is 23.8 Å². The zero-order valence-corrected chi connectivity index (χ0v) is 16.3. The van der Waals surface area contributed by atoms with Crippen LogP contribution >= 0.6 is 0 Å². The van der Waals surface area contributed by atoms with E-state index >= 15 is 0 Å². The lowest BCUT2D eigenvalue weighted by molar-refractivity contribution is -0.617. The van der Waals surface area contributed by atoms with Crippen molar-refractivity contribution in [2.24, 2.45) is 5.73 Å². The van der Waals surface area contributed by atoms with Gasteiger partial charge in [0.2, 0.25) is 17.7 Å². The van der Waals surface area contributed by atoms with Crippen LogP contribution in [0.25, 0.3) is 0 Å². The first-order valence-corrected chi connectivity index (χ1v) is 9.50. The average Bonchev–Trinajstić information content (AvgIpc) is 2.75. The van der Waals surface area contributed by atoms with Crippen LogP contribution < -0.4 is 19.9 Å². The lowest BCUT2D eigenvalue weighted by Gasteiger charge is -2.23. The maximum absolute atomic E-state index is 12.5. The van der Waals surface area contributed by atoms with E-state index < -0.39 is 12.0 Å². The van der Waals surface area contributed by atoms with Gasteiger partial charge in [0.25, 0.3) is 0 Å². The van der Waals surface area contributed by atoms with E-state index in [-0.39, 0.29) is 5.78 Å². The number of ether oxygens (including phenoxy) is 2. The van der Waals surface area contributed by atoms with E-state index in [1.54, 1.807) is 54.6 Å².